The van der Waals surface area contributed by atoms with Crippen LogP contribution in [0.2, 0.25) is 0 Å². The van der Waals surface area contributed by atoms with Gasteiger partial charge in [-0.15, -0.1) is 0 Å². The van der Waals surface area contributed by atoms with Gasteiger partial charge in [-0.3, -0.25) is 0 Å². The van der Waals surface area contributed by atoms with Crippen LogP contribution in [0.4, 0.5) is 34.5 Å². The van der Waals surface area contributed by atoms with Crippen LogP contribution in [-0.4, -0.2) is 96.9 Å². The molecule has 0 radical (unpaired) electrons. The number of rotatable bonds is 9. The van der Waals surface area contributed by atoms with Gasteiger partial charge >= 0.3 is 11.9 Å². The molecule has 3 heterocycles. The summed E-state index contributed by atoms with van der Waals surface area (Å²) >= 11 is 0. The number of ether oxygens (including phenoxy) is 2. The lowest BCUT2D eigenvalue weighted by Crippen LogP contribution is -2.38. The summed E-state index contributed by atoms with van der Waals surface area (Å²) in [4.78, 5) is 35.1. The number of nitrogens with zero attached hydrogens (tertiary/aromatic N) is 5. The number of aliphatic carboxylic acids is 2. The van der Waals surface area contributed by atoms with Gasteiger partial charge in [-0.1, -0.05) is 12.1 Å². The van der Waals surface area contributed by atoms with E-state index in [0.29, 0.717) is 18.1 Å². The molecule has 0 atom stereocenters. The van der Waals surface area contributed by atoms with E-state index >= 15 is 0 Å². The number of aliphatic hydroxyl groups excluding tert-OH is 1. The molecule has 0 saturated carbocycles. The molecule has 13 nitrogen and oxygen atoms in total. The van der Waals surface area contributed by atoms with Crippen LogP contribution in [0.25, 0.3) is 0 Å². The smallest absolute Gasteiger partial charge is 0.328 e. The third-order valence-electron chi connectivity index (χ3n) is 7.08. The molecule has 13 heteroatoms. The highest BCUT2D eigenvalue weighted by Crippen LogP contribution is 2.31. The first kappa shape index (κ1) is 32.2. The largest absolute Gasteiger partial charge is 0.478 e. The second-order valence-electron chi connectivity index (χ2n) is 10.1. The molecule has 3 aromatic rings. The van der Waals surface area contributed by atoms with Crippen LogP contribution in [0.5, 0.6) is 0 Å². The Kier molecular flexibility index (Phi) is 11.5. The Labute approximate surface area is 256 Å². The number of carboxylic acid groups (broad SMARTS) is 2. The number of hydrogen-bond donors (Lipinski definition) is 4. The predicted molar refractivity (Wildman–Crippen MR) is 167 cm³/mol. The van der Waals surface area contributed by atoms with Gasteiger partial charge in [0.05, 0.1) is 33.0 Å². The van der Waals surface area contributed by atoms with Gasteiger partial charge < -0.3 is 44.8 Å². The molecule has 4 N–H and O–H groups in total. The van der Waals surface area contributed by atoms with Crippen molar-refractivity contribution in [2.24, 2.45) is 0 Å². The number of aromatic nitrogens is 2. The summed E-state index contributed by atoms with van der Waals surface area (Å²) in [5, 5.41) is 28.6. The first-order chi connectivity index (χ1) is 21.2. The maximum absolute atomic E-state index is 9.57. The van der Waals surface area contributed by atoms with Gasteiger partial charge in [0.2, 0.25) is 5.95 Å². The van der Waals surface area contributed by atoms with Gasteiger partial charge in [-0.05, 0) is 48.4 Å². The number of benzene rings is 2. The van der Waals surface area contributed by atoms with Crippen molar-refractivity contribution in [3.8, 4) is 0 Å². The quantitative estimate of drug-likeness (QED) is 0.263. The number of carbonyl (C=O) groups is 2. The molecule has 2 aromatic carbocycles. The van der Waals surface area contributed by atoms with E-state index in [4.69, 9.17) is 24.7 Å². The number of aliphatic hydroxyl groups is 1. The first-order valence-corrected chi connectivity index (χ1v) is 14.2. The summed E-state index contributed by atoms with van der Waals surface area (Å²) in [5.41, 5.74) is 6.24. The van der Waals surface area contributed by atoms with Crippen molar-refractivity contribution in [2.75, 3.05) is 79.7 Å². The number of hydrogen-bond acceptors (Lipinski definition) is 11. The van der Waals surface area contributed by atoms with E-state index in [1.165, 1.54) is 0 Å². The predicted octanol–water partition coefficient (Wildman–Crippen LogP) is 3.17. The van der Waals surface area contributed by atoms with Crippen LogP contribution in [-0.2, 0) is 25.7 Å². The van der Waals surface area contributed by atoms with Crippen LogP contribution in [0.3, 0.4) is 0 Å². The molecule has 5 rings (SSSR count). The van der Waals surface area contributed by atoms with Crippen LogP contribution < -0.4 is 20.0 Å². The Morgan fingerprint density at radius 3 is 2.00 bits per heavy atom. The molecule has 0 aliphatic carbocycles. The average molecular weight is 607 g/mol. The molecular formula is C31H38N6O7. The van der Waals surface area contributed by atoms with Crippen molar-refractivity contribution in [3.63, 3.8) is 0 Å². The summed E-state index contributed by atoms with van der Waals surface area (Å²) in [6.07, 6.45) is 2.88. The van der Waals surface area contributed by atoms with Crippen molar-refractivity contribution in [1.82, 2.24) is 9.97 Å². The number of carboxylic acids is 2. The highest BCUT2D eigenvalue weighted by molar-refractivity contribution is 5.89. The summed E-state index contributed by atoms with van der Waals surface area (Å²) in [7, 11) is 1.98. The molecule has 234 valence electrons. The maximum Gasteiger partial charge on any atom is 0.328 e. The lowest BCUT2D eigenvalue weighted by Gasteiger charge is -2.33. The second-order valence-corrected chi connectivity index (χ2v) is 10.1. The Morgan fingerprint density at radius 2 is 1.48 bits per heavy atom. The second kappa shape index (κ2) is 15.7. The van der Waals surface area contributed by atoms with Gasteiger partial charge in [0, 0.05) is 74.3 Å². The zero-order valence-corrected chi connectivity index (χ0v) is 24.8. The molecule has 0 amide bonds. The standard InChI is InChI=1S/C27H34N6O3.C4H4O4/c1-20-3-4-21(19-34)15-25(20)31(2)26-5-6-28-27(30-26)29-22-16-23(32-7-11-35-12-8-32)18-24(17-22)33-9-13-36-14-10-33;5-3(6)1-2-4(7)8/h3-6,15-18,34H,7-14,19H2,1-2H3,(H,28,29,30);1-2H,(H,5,6)(H,7,8). The zero-order chi connectivity index (χ0) is 31.5. The van der Waals surface area contributed by atoms with Gasteiger partial charge in [0.1, 0.15) is 5.82 Å². The number of nitrogens with one attached hydrogen (secondary N) is 1. The number of aryl methyl sites for hydroxylation is 1. The molecule has 2 aliphatic rings. The average Bonchev–Trinajstić information content (AvgIpc) is 3.05. The fourth-order valence-corrected chi connectivity index (χ4v) is 4.78. The number of morpholine rings is 2. The van der Waals surface area contributed by atoms with E-state index in [9.17, 15) is 14.7 Å². The van der Waals surface area contributed by atoms with Gasteiger partial charge in [0.25, 0.3) is 0 Å². The van der Waals surface area contributed by atoms with Gasteiger partial charge in [-0.25, -0.2) is 14.6 Å². The van der Waals surface area contributed by atoms with Gasteiger partial charge in [-0.2, -0.15) is 4.98 Å². The summed E-state index contributed by atoms with van der Waals surface area (Å²) in [6.45, 7) is 8.48. The molecule has 44 heavy (non-hydrogen) atoms. The Bertz CT molecular complexity index is 1400. The summed E-state index contributed by atoms with van der Waals surface area (Å²) in [5.74, 6) is -1.22. The minimum absolute atomic E-state index is 0.00264. The third kappa shape index (κ3) is 9.14. The lowest BCUT2D eigenvalue weighted by atomic mass is 10.1. The minimum atomic E-state index is -1.26. The fraction of sp³-hybridized carbons (Fsp3) is 0.355. The number of anilines is 6. The first-order valence-electron chi connectivity index (χ1n) is 14.2. The highest BCUT2D eigenvalue weighted by atomic mass is 16.5. The normalized spacial score (nSPS) is 15.0. The van der Waals surface area contributed by atoms with Crippen molar-refractivity contribution in [3.05, 3.63) is 71.9 Å². The van der Waals surface area contributed by atoms with Crippen molar-refractivity contribution in [2.45, 2.75) is 13.5 Å². The van der Waals surface area contributed by atoms with E-state index in [0.717, 1.165) is 92.3 Å². The van der Waals surface area contributed by atoms with E-state index in [1.807, 2.05) is 36.2 Å². The van der Waals surface area contributed by atoms with Crippen molar-refractivity contribution in [1.29, 1.82) is 0 Å². The Balaban J connectivity index is 0.000000488. The molecule has 0 bridgehead atoms. The van der Waals surface area contributed by atoms with E-state index in [2.05, 4.69) is 45.2 Å². The van der Waals surface area contributed by atoms with Crippen LogP contribution in [0.15, 0.2) is 60.8 Å². The van der Waals surface area contributed by atoms with Crippen molar-refractivity contribution < 1.29 is 34.4 Å². The van der Waals surface area contributed by atoms with E-state index < -0.39 is 11.9 Å². The van der Waals surface area contributed by atoms with Crippen molar-refractivity contribution >= 4 is 46.5 Å². The molecule has 2 fully saturated rings. The van der Waals surface area contributed by atoms with Crippen LogP contribution in [0, 0.1) is 6.92 Å². The van der Waals surface area contributed by atoms with E-state index in [-0.39, 0.29) is 6.61 Å². The summed E-state index contributed by atoms with van der Waals surface area (Å²) in [6, 6.07) is 14.4. The molecule has 2 aliphatic heterocycles. The molecule has 0 spiro atoms. The van der Waals surface area contributed by atoms with E-state index in [1.54, 1.807) is 6.20 Å². The van der Waals surface area contributed by atoms with Crippen LogP contribution >= 0.6 is 0 Å². The molecular weight excluding hydrogens is 568 g/mol. The maximum atomic E-state index is 9.57. The fourth-order valence-electron chi connectivity index (χ4n) is 4.78. The Morgan fingerprint density at radius 1 is 0.909 bits per heavy atom. The third-order valence-corrected chi connectivity index (χ3v) is 7.08. The minimum Gasteiger partial charge on any atom is -0.478 e. The highest BCUT2D eigenvalue weighted by Gasteiger charge is 2.18. The topological polar surface area (TPSA) is 161 Å². The molecule has 0 unspecified atom stereocenters. The SMILES string of the molecule is Cc1ccc(CO)cc1N(C)c1ccnc(Nc2cc(N3CCOCC3)cc(N3CCOCC3)c2)n1.O=C(O)C=CC(=O)O. The van der Waals surface area contributed by atoms with Gasteiger partial charge in [0.15, 0.2) is 0 Å². The Hall–Kier alpha value is -4.72. The monoisotopic (exact) mass is 606 g/mol. The lowest BCUT2D eigenvalue weighted by molar-refractivity contribution is -0.134. The molecule has 1 aromatic heterocycles. The summed E-state index contributed by atoms with van der Waals surface area (Å²) < 4.78 is 11.1. The van der Waals surface area contributed by atoms with Crippen LogP contribution in [0.1, 0.15) is 11.1 Å². The molecule has 2 saturated heterocycles. The zero-order valence-electron chi connectivity index (χ0n) is 24.8.